The Morgan fingerprint density at radius 1 is 1.33 bits per heavy atom. The second-order valence-electron chi connectivity index (χ2n) is 3.43. The second kappa shape index (κ2) is 5.80. The van der Waals surface area contributed by atoms with Crippen molar-refractivity contribution in [3.8, 4) is 0 Å². The van der Waals surface area contributed by atoms with Crippen LogP contribution in [0.2, 0.25) is 0 Å². The molecule has 2 atom stereocenters. The van der Waals surface area contributed by atoms with Crippen LogP contribution in [0.1, 0.15) is 18.1 Å². The van der Waals surface area contributed by atoms with Crippen LogP contribution < -0.4 is 5.32 Å². The maximum Gasteiger partial charge on any atom is 0.129 e. The third kappa shape index (κ3) is 3.27. The molecular formula is C11H16FNO2. The fourth-order valence-electron chi connectivity index (χ4n) is 1.37. The highest BCUT2D eigenvalue weighted by Crippen LogP contribution is 2.21. The van der Waals surface area contributed by atoms with Crippen molar-refractivity contribution >= 4 is 0 Å². The van der Waals surface area contributed by atoms with Gasteiger partial charge in [-0.1, -0.05) is 18.2 Å². The third-order valence-corrected chi connectivity index (χ3v) is 2.28. The SMILES string of the molecule is CNCCC(O)C(O)c1ccccc1F. The van der Waals surface area contributed by atoms with Crippen molar-refractivity contribution in [2.45, 2.75) is 18.6 Å². The fourth-order valence-corrected chi connectivity index (χ4v) is 1.37. The normalized spacial score (nSPS) is 14.9. The minimum Gasteiger partial charge on any atom is -0.390 e. The number of hydrogen-bond acceptors (Lipinski definition) is 3. The molecule has 0 saturated heterocycles. The minimum atomic E-state index is -1.17. The van der Waals surface area contributed by atoms with Crippen molar-refractivity contribution in [3.63, 3.8) is 0 Å². The first-order valence-electron chi connectivity index (χ1n) is 4.92. The fraction of sp³-hybridized carbons (Fsp3) is 0.455. The predicted molar refractivity (Wildman–Crippen MR) is 55.9 cm³/mol. The molecule has 0 amide bonds. The van der Waals surface area contributed by atoms with Gasteiger partial charge in [0.25, 0.3) is 0 Å². The molecule has 0 aromatic heterocycles. The van der Waals surface area contributed by atoms with Crippen molar-refractivity contribution in [2.24, 2.45) is 0 Å². The summed E-state index contributed by atoms with van der Waals surface area (Å²) in [6, 6.07) is 5.92. The van der Waals surface area contributed by atoms with Crippen LogP contribution in [-0.2, 0) is 0 Å². The highest BCUT2D eigenvalue weighted by atomic mass is 19.1. The summed E-state index contributed by atoms with van der Waals surface area (Å²) >= 11 is 0. The summed E-state index contributed by atoms with van der Waals surface area (Å²) in [5, 5.41) is 22.1. The first-order chi connectivity index (χ1) is 7.16. The van der Waals surface area contributed by atoms with E-state index in [2.05, 4.69) is 5.32 Å². The zero-order valence-electron chi connectivity index (χ0n) is 8.65. The van der Waals surface area contributed by atoms with E-state index < -0.39 is 18.0 Å². The zero-order chi connectivity index (χ0) is 11.3. The van der Waals surface area contributed by atoms with Crippen molar-refractivity contribution in [2.75, 3.05) is 13.6 Å². The molecule has 15 heavy (non-hydrogen) atoms. The minimum absolute atomic E-state index is 0.140. The Balaban J connectivity index is 2.67. The Kier molecular flexibility index (Phi) is 4.68. The van der Waals surface area contributed by atoms with Gasteiger partial charge in [-0.2, -0.15) is 0 Å². The smallest absolute Gasteiger partial charge is 0.129 e. The van der Waals surface area contributed by atoms with E-state index in [1.165, 1.54) is 12.1 Å². The summed E-state index contributed by atoms with van der Waals surface area (Å²) in [6.45, 7) is 0.576. The molecule has 0 fully saturated rings. The lowest BCUT2D eigenvalue weighted by molar-refractivity contribution is 0.0120. The number of halogens is 1. The molecule has 0 bridgehead atoms. The first-order valence-corrected chi connectivity index (χ1v) is 4.92. The lowest BCUT2D eigenvalue weighted by Gasteiger charge is -2.18. The van der Waals surface area contributed by atoms with Crippen LogP contribution in [0.25, 0.3) is 0 Å². The standard InChI is InChI=1S/C11H16FNO2/c1-13-7-6-10(14)11(15)8-4-2-3-5-9(8)12/h2-5,10-11,13-15H,6-7H2,1H3. The van der Waals surface area contributed by atoms with Gasteiger partial charge in [0.15, 0.2) is 0 Å². The molecule has 1 aromatic carbocycles. The average Bonchev–Trinajstić information content (AvgIpc) is 2.25. The molecule has 2 unspecified atom stereocenters. The van der Waals surface area contributed by atoms with Crippen molar-refractivity contribution in [1.29, 1.82) is 0 Å². The van der Waals surface area contributed by atoms with Gasteiger partial charge in [0.05, 0.1) is 6.10 Å². The lowest BCUT2D eigenvalue weighted by Crippen LogP contribution is -2.23. The molecular weight excluding hydrogens is 197 g/mol. The predicted octanol–water partition coefficient (Wildman–Crippen LogP) is 0.829. The maximum absolute atomic E-state index is 13.2. The number of rotatable bonds is 5. The van der Waals surface area contributed by atoms with Crippen molar-refractivity contribution < 1.29 is 14.6 Å². The Morgan fingerprint density at radius 3 is 2.60 bits per heavy atom. The van der Waals surface area contributed by atoms with Crippen molar-refractivity contribution in [3.05, 3.63) is 35.6 Å². The summed E-state index contributed by atoms with van der Waals surface area (Å²) in [4.78, 5) is 0. The van der Waals surface area contributed by atoms with E-state index in [1.54, 1.807) is 19.2 Å². The highest BCUT2D eigenvalue weighted by Gasteiger charge is 2.20. The molecule has 0 aliphatic rings. The monoisotopic (exact) mass is 213 g/mol. The van der Waals surface area contributed by atoms with E-state index >= 15 is 0 Å². The molecule has 1 aromatic rings. The lowest BCUT2D eigenvalue weighted by atomic mass is 10.0. The van der Waals surface area contributed by atoms with Gasteiger partial charge in [0, 0.05) is 5.56 Å². The quantitative estimate of drug-likeness (QED) is 0.679. The van der Waals surface area contributed by atoms with Gasteiger partial charge in [-0.05, 0) is 26.1 Å². The van der Waals surface area contributed by atoms with Gasteiger partial charge in [0.1, 0.15) is 11.9 Å². The van der Waals surface area contributed by atoms with E-state index in [1.807, 2.05) is 0 Å². The van der Waals surface area contributed by atoms with Crippen LogP contribution in [0.3, 0.4) is 0 Å². The summed E-state index contributed by atoms with van der Waals surface area (Å²) in [5.74, 6) is -0.492. The molecule has 84 valence electrons. The largest absolute Gasteiger partial charge is 0.390 e. The summed E-state index contributed by atoms with van der Waals surface area (Å²) < 4.78 is 13.2. The van der Waals surface area contributed by atoms with Gasteiger partial charge >= 0.3 is 0 Å². The van der Waals surface area contributed by atoms with Crippen LogP contribution in [-0.4, -0.2) is 29.9 Å². The van der Waals surface area contributed by atoms with Crippen LogP contribution in [0.4, 0.5) is 4.39 Å². The van der Waals surface area contributed by atoms with E-state index in [0.29, 0.717) is 13.0 Å². The average molecular weight is 213 g/mol. The van der Waals surface area contributed by atoms with E-state index in [9.17, 15) is 14.6 Å². The molecule has 4 heteroatoms. The molecule has 0 aliphatic heterocycles. The Labute approximate surface area is 88.6 Å². The molecule has 0 aliphatic carbocycles. The Hall–Kier alpha value is -0.970. The van der Waals surface area contributed by atoms with Crippen LogP contribution in [0, 0.1) is 5.82 Å². The molecule has 3 nitrogen and oxygen atoms in total. The summed E-state index contributed by atoms with van der Waals surface area (Å²) in [6.07, 6.45) is -1.74. The Bertz CT molecular complexity index is 306. The van der Waals surface area contributed by atoms with Gasteiger partial charge in [-0.3, -0.25) is 0 Å². The van der Waals surface area contributed by atoms with Gasteiger partial charge in [-0.15, -0.1) is 0 Å². The maximum atomic E-state index is 13.2. The summed E-state index contributed by atoms with van der Waals surface area (Å²) in [7, 11) is 1.75. The number of hydrogen-bond donors (Lipinski definition) is 3. The first kappa shape index (κ1) is 12.1. The van der Waals surface area contributed by atoms with E-state index in [4.69, 9.17) is 0 Å². The highest BCUT2D eigenvalue weighted by molar-refractivity contribution is 5.20. The van der Waals surface area contributed by atoms with Crippen LogP contribution >= 0.6 is 0 Å². The molecule has 3 N–H and O–H groups in total. The molecule has 0 saturated carbocycles. The Morgan fingerprint density at radius 2 is 2.00 bits per heavy atom. The van der Waals surface area contributed by atoms with Crippen LogP contribution in [0.5, 0.6) is 0 Å². The topological polar surface area (TPSA) is 52.5 Å². The molecule has 0 heterocycles. The third-order valence-electron chi connectivity index (χ3n) is 2.28. The van der Waals surface area contributed by atoms with Gasteiger partial charge in [0.2, 0.25) is 0 Å². The summed E-state index contributed by atoms with van der Waals surface area (Å²) in [5.41, 5.74) is 0.140. The van der Waals surface area contributed by atoms with E-state index in [-0.39, 0.29) is 5.56 Å². The van der Waals surface area contributed by atoms with Crippen molar-refractivity contribution in [1.82, 2.24) is 5.32 Å². The van der Waals surface area contributed by atoms with E-state index in [0.717, 1.165) is 0 Å². The molecule has 1 rings (SSSR count). The number of benzene rings is 1. The molecule has 0 spiro atoms. The van der Waals surface area contributed by atoms with Gasteiger partial charge in [-0.25, -0.2) is 4.39 Å². The van der Waals surface area contributed by atoms with Gasteiger partial charge < -0.3 is 15.5 Å². The molecule has 0 radical (unpaired) electrons. The number of nitrogens with one attached hydrogen (secondary N) is 1. The number of aliphatic hydroxyl groups excluding tert-OH is 2. The second-order valence-corrected chi connectivity index (χ2v) is 3.43. The van der Waals surface area contributed by atoms with Crippen LogP contribution in [0.15, 0.2) is 24.3 Å². The number of aliphatic hydroxyl groups is 2. The zero-order valence-corrected chi connectivity index (χ0v) is 8.65.